The van der Waals surface area contributed by atoms with Crippen LogP contribution in [0.3, 0.4) is 0 Å². The minimum atomic E-state index is -0.697. The Morgan fingerprint density at radius 2 is 2.20 bits per heavy atom. The van der Waals surface area contributed by atoms with Crippen molar-refractivity contribution in [2.24, 2.45) is 0 Å². The number of rotatable bonds is 1. The third kappa shape index (κ3) is 1.44. The zero-order valence-corrected chi connectivity index (χ0v) is 9.21. The van der Waals surface area contributed by atoms with Crippen LogP contribution in [0.1, 0.15) is 36.5 Å². The Labute approximate surface area is 89.9 Å². The first kappa shape index (κ1) is 10.2. The molecule has 0 amide bonds. The molecule has 1 atom stereocenters. The third-order valence-electron chi connectivity index (χ3n) is 3.51. The van der Waals surface area contributed by atoms with E-state index in [1.807, 2.05) is 26.0 Å². The lowest BCUT2D eigenvalue weighted by Crippen LogP contribution is -2.36. The van der Waals surface area contributed by atoms with E-state index in [0.29, 0.717) is 0 Å². The van der Waals surface area contributed by atoms with Gasteiger partial charge in [-0.05, 0) is 49.8 Å². The molecule has 0 spiro atoms. The summed E-state index contributed by atoms with van der Waals surface area (Å²) in [6.07, 6.45) is 2.74. The van der Waals surface area contributed by atoms with Crippen LogP contribution in [-0.2, 0) is 16.6 Å². The van der Waals surface area contributed by atoms with Crippen LogP contribution in [0.15, 0.2) is 18.2 Å². The summed E-state index contributed by atoms with van der Waals surface area (Å²) in [4.78, 5) is 11.4. The van der Waals surface area contributed by atoms with Gasteiger partial charge in [0.2, 0.25) is 0 Å². The van der Waals surface area contributed by atoms with Gasteiger partial charge in [0.15, 0.2) is 0 Å². The van der Waals surface area contributed by atoms with Crippen LogP contribution in [0.25, 0.3) is 0 Å². The predicted molar refractivity (Wildman–Crippen MR) is 59.1 cm³/mol. The monoisotopic (exact) mass is 204 g/mol. The average molecular weight is 204 g/mol. The highest BCUT2D eigenvalue weighted by Crippen LogP contribution is 2.39. The maximum Gasteiger partial charge on any atom is 0.313 e. The second-order valence-electron chi connectivity index (χ2n) is 4.60. The third-order valence-corrected chi connectivity index (χ3v) is 3.51. The zero-order valence-electron chi connectivity index (χ0n) is 9.21. The molecule has 2 heteroatoms. The molecule has 0 fully saturated rings. The van der Waals surface area contributed by atoms with E-state index in [4.69, 9.17) is 0 Å². The Morgan fingerprint density at radius 3 is 2.87 bits per heavy atom. The van der Waals surface area contributed by atoms with Crippen molar-refractivity contribution in [3.05, 3.63) is 34.9 Å². The van der Waals surface area contributed by atoms with Gasteiger partial charge in [-0.15, -0.1) is 0 Å². The van der Waals surface area contributed by atoms with E-state index in [2.05, 4.69) is 6.07 Å². The van der Waals surface area contributed by atoms with E-state index in [0.717, 1.165) is 30.4 Å². The molecule has 2 nitrogen and oxygen atoms in total. The second-order valence-corrected chi connectivity index (χ2v) is 4.60. The Balaban J connectivity index is 2.64. The Hall–Kier alpha value is -1.31. The van der Waals surface area contributed by atoms with Gasteiger partial charge in [0.25, 0.3) is 0 Å². The van der Waals surface area contributed by atoms with Gasteiger partial charge >= 0.3 is 5.97 Å². The van der Waals surface area contributed by atoms with E-state index in [-0.39, 0.29) is 0 Å². The van der Waals surface area contributed by atoms with E-state index >= 15 is 0 Å². The van der Waals surface area contributed by atoms with Crippen LogP contribution < -0.4 is 0 Å². The summed E-state index contributed by atoms with van der Waals surface area (Å²) in [5, 5.41) is 9.37. The normalized spacial score (nSPS) is 24.7. The van der Waals surface area contributed by atoms with Crippen molar-refractivity contribution >= 4 is 5.97 Å². The van der Waals surface area contributed by atoms with Crippen LogP contribution >= 0.6 is 0 Å². The molecular weight excluding hydrogens is 188 g/mol. The Kier molecular flexibility index (Phi) is 2.29. The summed E-state index contributed by atoms with van der Waals surface area (Å²) in [6, 6.07) is 6.08. The number of benzene rings is 1. The molecule has 0 saturated heterocycles. The van der Waals surface area contributed by atoms with E-state index in [9.17, 15) is 9.90 Å². The van der Waals surface area contributed by atoms with Crippen molar-refractivity contribution in [3.63, 3.8) is 0 Å². The summed E-state index contributed by atoms with van der Waals surface area (Å²) in [6.45, 7) is 3.85. The molecule has 2 rings (SSSR count). The van der Waals surface area contributed by atoms with Crippen molar-refractivity contribution in [1.29, 1.82) is 0 Å². The number of fused-ring (bicyclic) bond motifs is 1. The Morgan fingerprint density at radius 1 is 1.47 bits per heavy atom. The summed E-state index contributed by atoms with van der Waals surface area (Å²) in [7, 11) is 0. The minimum absolute atomic E-state index is 0.682. The molecule has 1 aromatic rings. The lowest BCUT2D eigenvalue weighted by atomic mass is 9.70. The van der Waals surface area contributed by atoms with E-state index < -0.39 is 11.4 Å². The van der Waals surface area contributed by atoms with Gasteiger partial charge in [0.05, 0.1) is 5.41 Å². The minimum Gasteiger partial charge on any atom is -0.481 e. The molecule has 1 unspecified atom stereocenters. The molecule has 1 aliphatic rings. The van der Waals surface area contributed by atoms with Crippen molar-refractivity contribution in [3.8, 4) is 0 Å². The Bertz CT molecular complexity index is 409. The molecule has 1 N–H and O–H groups in total. The fraction of sp³-hybridized carbons (Fsp3) is 0.462. The number of aliphatic carboxylic acids is 1. The highest BCUT2D eigenvalue weighted by molar-refractivity contribution is 5.82. The molecule has 80 valence electrons. The SMILES string of the molecule is Cc1cccc2c1C(C)(C(=O)O)CCC2. The van der Waals surface area contributed by atoms with Crippen LogP contribution in [0.4, 0.5) is 0 Å². The molecule has 1 aliphatic carbocycles. The van der Waals surface area contributed by atoms with E-state index in [1.165, 1.54) is 5.56 Å². The largest absolute Gasteiger partial charge is 0.481 e. The van der Waals surface area contributed by atoms with Gasteiger partial charge in [-0.3, -0.25) is 4.79 Å². The fourth-order valence-corrected chi connectivity index (χ4v) is 2.70. The van der Waals surface area contributed by atoms with Crippen molar-refractivity contribution < 1.29 is 9.90 Å². The summed E-state index contributed by atoms with van der Waals surface area (Å²) < 4.78 is 0. The van der Waals surface area contributed by atoms with Gasteiger partial charge in [0.1, 0.15) is 0 Å². The van der Waals surface area contributed by atoms with Crippen molar-refractivity contribution in [1.82, 2.24) is 0 Å². The number of hydrogen-bond donors (Lipinski definition) is 1. The lowest BCUT2D eigenvalue weighted by Gasteiger charge is -2.33. The van der Waals surface area contributed by atoms with Gasteiger partial charge in [-0.25, -0.2) is 0 Å². The first-order valence-corrected chi connectivity index (χ1v) is 5.38. The number of aryl methyl sites for hydroxylation is 2. The maximum absolute atomic E-state index is 11.4. The zero-order chi connectivity index (χ0) is 11.1. The molecule has 0 aromatic heterocycles. The van der Waals surface area contributed by atoms with Crippen LogP contribution in [0, 0.1) is 6.92 Å². The number of carboxylic acid groups (broad SMARTS) is 1. The number of hydrogen-bond acceptors (Lipinski definition) is 1. The topological polar surface area (TPSA) is 37.3 Å². The smallest absolute Gasteiger partial charge is 0.313 e. The fourth-order valence-electron chi connectivity index (χ4n) is 2.70. The summed E-state index contributed by atoms with van der Waals surface area (Å²) in [5.41, 5.74) is 2.69. The number of carbonyl (C=O) groups is 1. The van der Waals surface area contributed by atoms with E-state index in [1.54, 1.807) is 0 Å². The lowest BCUT2D eigenvalue weighted by molar-refractivity contribution is -0.143. The van der Waals surface area contributed by atoms with Gasteiger partial charge in [0, 0.05) is 0 Å². The first-order valence-electron chi connectivity index (χ1n) is 5.38. The second kappa shape index (κ2) is 3.37. The standard InChI is InChI=1S/C13H16O2/c1-9-5-3-6-10-7-4-8-13(2,11(9)10)12(14)15/h3,5-6H,4,7-8H2,1-2H3,(H,14,15). The first-order chi connectivity index (χ1) is 7.05. The maximum atomic E-state index is 11.4. The molecule has 0 saturated carbocycles. The molecule has 0 aliphatic heterocycles. The molecule has 0 heterocycles. The predicted octanol–water partition coefficient (Wildman–Crippen LogP) is 2.67. The van der Waals surface area contributed by atoms with Crippen LogP contribution in [0.5, 0.6) is 0 Å². The van der Waals surface area contributed by atoms with Crippen molar-refractivity contribution in [2.45, 2.75) is 38.5 Å². The summed E-state index contributed by atoms with van der Waals surface area (Å²) in [5.74, 6) is -0.697. The number of carboxylic acids is 1. The quantitative estimate of drug-likeness (QED) is 0.763. The van der Waals surface area contributed by atoms with Crippen LogP contribution in [0.2, 0.25) is 0 Å². The summed E-state index contributed by atoms with van der Waals surface area (Å²) >= 11 is 0. The molecular formula is C13H16O2. The average Bonchev–Trinajstić information content (AvgIpc) is 2.17. The highest BCUT2D eigenvalue weighted by Gasteiger charge is 2.39. The van der Waals surface area contributed by atoms with Gasteiger partial charge in [-0.1, -0.05) is 18.2 Å². The van der Waals surface area contributed by atoms with Gasteiger partial charge < -0.3 is 5.11 Å². The van der Waals surface area contributed by atoms with Crippen molar-refractivity contribution in [2.75, 3.05) is 0 Å². The highest BCUT2D eigenvalue weighted by atomic mass is 16.4. The molecule has 0 bridgehead atoms. The van der Waals surface area contributed by atoms with Crippen LogP contribution in [-0.4, -0.2) is 11.1 Å². The molecule has 0 radical (unpaired) electrons. The van der Waals surface area contributed by atoms with Gasteiger partial charge in [-0.2, -0.15) is 0 Å². The molecule has 15 heavy (non-hydrogen) atoms. The molecule has 1 aromatic carbocycles.